The van der Waals surface area contributed by atoms with Crippen molar-refractivity contribution < 1.29 is 19.1 Å². The summed E-state index contributed by atoms with van der Waals surface area (Å²) in [5.41, 5.74) is 0.214. The van der Waals surface area contributed by atoms with E-state index in [4.69, 9.17) is 9.47 Å². The van der Waals surface area contributed by atoms with Crippen molar-refractivity contribution in [1.29, 1.82) is 0 Å². The minimum atomic E-state index is -0.528. The second kappa shape index (κ2) is 7.12. The molecule has 1 aromatic rings. The number of carbonyl (C=O) groups excluding carboxylic acids is 2. The van der Waals surface area contributed by atoms with Crippen LogP contribution in [0.5, 0.6) is 0 Å². The van der Waals surface area contributed by atoms with Crippen molar-refractivity contribution in [3.8, 4) is 0 Å². The van der Waals surface area contributed by atoms with E-state index in [1.54, 1.807) is 11.0 Å². The van der Waals surface area contributed by atoms with Gasteiger partial charge in [0.25, 0.3) is 0 Å². The Labute approximate surface area is 140 Å². The van der Waals surface area contributed by atoms with Gasteiger partial charge in [0.2, 0.25) is 0 Å². The number of thiazole rings is 1. The maximum atomic E-state index is 11.9. The average molecular weight is 338 g/mol. The van der Waals surface area contributed by atoms with E-state index in [1.165, 1.54) is 17.4 Å². The molecule has 0 radical (unpaired) electrons. The molecule has 0 aromatic carbocycles. The fraction of sp³-hybridized carbons (Fsp3) is 0.562. The van der Waals surface area contributed by atoms with E-state index in [-0.39, 0.29) is 12.2 Å². The molecule has 23 heavy (non-hydrogen) atoms. The van der Waals surface area contributed by atoms with Gasteiger partial charge in [-0.05, 0) is 33.8 Å². The number of aryl methyl sites for hydroxylation is 1. The smallest absolute Gasteiger partial charge is 0.410 e. The van der Waals surface area contributed by atoms with E-state index >= 15 is 0 Å². The van der Waals surface area contributed by atoms with Gasteiger partial charge in [-0.2, -0.15) is 0 Å². The molecule has 0 saturated carbocycles. The van der Waals surface area contributed by atoms with Crippen LogP contribution in [0, 0.1) is 6.92 Å². The minimum Gasteiger partial charge on any atom is -0.457 e. The van der Waals surface area contributed by atoms with Crippen LogP contribution < -0.4 is 0 Å². The van der Waals surface area contributed by atoms with Gasteiger partial charge < -0.3 is 14.4 Å². The molecule has 7 heteroatoms. The zero-order valence-corrected chi connectivity index (χ0v) is 14.7. The second-order valence-corrected chi connectivity index (χ2v) is 7.46. The van der Waals surface area contributed by atoms with Gasteiger partial charge in [0.05, 0.1) is 17.2 Å². The van der Waals surface area contributed by atoms with Gasteiger partial charge in [-0.25, -0.2) is 14.6 Å². The number of nitrogens with zero attached hydrogens (tertiary/aromatic N) is 2. The molecule has 126 valence electrons. The molecule has 1 aromatic heterocycles. The summed E-state index contributed by atoms with van der Waals surface area (Å²) in [6.45, 7) is 8.27. The number of carbonyl (C=O) groups is 2. The lowest BCUT2D eigenvalue weighted by atomic mass is 10.2. The van der Waals surface area contributed by atoms with Gasteiger partial charge >= 0.3 is 12.1 Å². The number of hydrogen-bond donors (Lipinski definition) is 0. The molecule has 0 N–H and O–H groups in total. The third kappa shape index (κ3) is 5.67. The summed E-state index contributed by atoms with van der Waals surface area (Å²) in [6, 6.07) is 0. The average Bonchev–Trinajstić information content (AvgIpc) is 3.04. The maximum absolute atomic E-state index is 11.9. The Morgan fingerprint density at radius 2 is 2.17 bits per heavy atom. The van der Waals surface area contributed by atoms with Crippen molar-refractivity contribution in [3.05, 3.63) is 22.2 Å². The van der Waals surface area contributed by atoms with Crippen LogP contribution in [-0.4, -0.2) is 46.7 Å². The number of amides is 1. The number of aromatic nitrogens is 1. The summed E-state index contributed by atoms with van der Waals surface area (Å²) in [6.07, 6.45) is 2.95. The number of rotatable bonds is 3. The molecule has 0 unspecified atom stereocenters. The fourth-order valence-electron chi connectivity index (χ4n) is 2.13. The largest absolute Gasteiger partial charge is 0.457 e. The Morgan fingerprint density at radius 1 is 1.43 bits per heavy atom. The van der Waals surface area contributed by atoms with Crippen molar-refractivity contribution in [3.63, 3.8) is 0 Å². The van der Waals surface area contributed by atoms with E-state index in [0.29, 0.717) is 19.5 Å². The van der Waals surface area contributed by atoms with Gasteiger partial charge in [0, 0.05) is 24.4 Å². The van der Waals surface area contributed by atoms with Crippen molar-refractivity contribution in [2.24, 2.45) is 0 Å². The Bertz CT molecular complexity index is 603. The molecule has 1 saturated heterocycles. The predicted molar refractivity (Wildman–Crippen MR) is 88.2 cm³/mol. The summed E-state index contributed by atoms with van der Waals surface area (Å²) in [5, 5.41) is 2.82. The van der Waals surface area contributed by atoms with Crippen LogP contribution in [0.1, 0.15) is 37.9 Å². The molecule has 2 rings (SSSR count). The number of ether oxygens (including phenoxy) is 2. The van der Waals surface area contributed by atoms with E-state index in [2.05, 4.69) is 4.98 Å². The van der Waals surface area contributed by atoms with E-state index in [0.717, 1.165) is 10.7 Å². The van der Waals surface area contributed by atoms with Crippen LogP contribution in [0.4, 0.5) is 4.79 Å². The zero-order chi connectivity index (χ0) is 17.0. The van der Waals surface area contributed by atoms with Crippen molar-refractivity contribution >= 4 is 29.5 Å². The molecule has 1 atom stereocenters. The molecular formula is C16H22N2O4S. The highest BCUT2D eigenvalue weighted by Crippen LogP contribution is 2.17. The molecule has 1 aliphatic rings. The van der Waals surface area contributed by atoms with E-state index < -0.39 is 11.6 Å². The molecular weight excluding hydrogens is 316 g/mol. The first-order chi connectivity index (χ1) is 10.7. The van der Waals surface area contributed by atoms with Gasteiger partial charge in [-0.3, -0.25) is 0 Å². The molecule has 6 nitrogen and oxygen atoms in total. The number of esters is 1. The zero-order valence-electron chi connectivity index (χ0n) is 13.9. The first-order valence-corrected chi connectivity index (χ1v) is 8.39. The van der Waals surface area contributed by atoms with Crippen LogP contribution in [-0.2, 0) is 14.3 Å². The quantitative estimate of drug-likeness (QED) is 0.626. The molecule has 1 aliphatic heterocycles. The van der Waals surface area contributed by atoms with Gasteiger partial charge in [0.15, 0.2) is 0 Å². The van der Waals surface area contributed by atoms with Crippen molar-refractivity contribution in [1.82, 2.24) is 9.88 Å². The third-order valence-corrected chi connectivity index (χ3v) is 3.90. The highest BCUT2D eigenvalue weighted by molar-refractivity contribution is 7.09. The van der Waals surface area contributed by atoms with Gasteiger partial charge in [-0.15, -0.1) is 11.3 Å². The summed E-state index contributed by atoms with van der Waals surface area (Å²) in [7, 11) is 0. The maximum Gasteiger partial charge on any atom is 0.410 e. The Morgan fingerprint density at radius 3 is 2.78 bits per heavy atom. The number of likely N-dealkylation sites (tertiary alicyclic amines) is 1. The summed E-state index contributed by atoms with van der Waals surface area (Å²) < 4.78 is 10.7. The number of hydrogen-bond acceptors (Lipinski definition) is 6. The molecule has 1 fully saturated rings. The SMILES string of the molecule is Cc1nc(/C=C/C(=O)O[C@H]2CCN(C(=O)OC(C)(C)C)C2)cs1. The lowest BCUT2D eigenvalue weighted by molar-refractivity contribution is -0.142. The molecule has 1 amide bonds. The molecule has 0 bridgehead atoms. The van der Waals surface area contributed by atoms with Crippen molar-refractivity contribution in [2.45, 2.75) is 45.8 Å². The fourth-order valence-corrected chi connectivity index (χ4v) is 2.71. The molecule has 2 heterocycles. The van der Waals surface area contributed by atoms with Crippen LogP contribution >= 0.6 is 11.3 Å². The van der Waals surface area contributed by atoms with Crippen LogP contribution in [0.25, 0.3) is 6.08 Å². The molecule has 0 aliphatic carbocycles. The third-order valence-electron chi connectivity index (χ3n) is 3.11. The Kier molecular flexibility index (Phi) is 5.41. The lowest BCUT2D eigenvalue weighted by Gasteiger charge is -2.24. The summed E-state index contributed by atoms with van der Waals surface area (Å²) in [4.78, 5) is 29.6. The van der Waals surface area contributed by atoms with E-state index in [9.17, 15) is 9.59 Å². The lowest BCUT2D eigenvalue weighted by Crippen LogP contribution is -2.36. The van der Waals surface area contributed by atoms with Crippen LogP contribution in [0.2, 0.25) is 0 Å². The van der Waals surface area contributed by atoms with Crippen LogP contribution in [0.15, 0.2) is 11.5 Å². The van der Waals surface area contributed by atoms with Crippen LogP contribution in [0.3, 0.4) is 0 Å². The molecule has 0 spiro atoms. The monoisotopic (exact) mass is 338 g/mol. The first-order valence-electron chi connectivity index (χ1n) is 7.52. The first kappa shape index (κ1) is 17.5. The highest BCUT2D eigenvalue weighted by atomic mass is 32.1. The minimum absolute atomic E-state index is 0.295. The Balaban J connectivity index is 1.80. The van der Waals surface area contributed by atoms with Gasteiger partial charge in [-0.1, -0.05) is 0 Å². The summed E-state index contributed by atoms with van der Waals surface area (Å²) in [5.74, 6) is -0.424. The predicted octanol–water partition coefficient (Wildman–Crippen LogP) is 3.02. The Hall–Kier alpha value is -1.89. The second-order valence-electron chi connectivity index (χ2n) is 6.40. The van der Waals surface area contributed by atoms with E-state index in [1.807, 2.05) is 33.1 Å². The topological polar surface area (TPSA) is 68.7 Å². The normalized spacial score (nSPS) is 18.4. The van der Waals surface area contributed by atoms with Crippen molar-refractivity contribution in [2.75, 3.05) is 13.1 Å². The van der Waals surface area contributed by atoms with Gasteiger partial charge in [0.1, 0.15) is 11.7 Å². The summed E-state index contributed by atoms with van der Waals surface area (Å²) >= 11 is 1.52. The standard InChI is InChI=1S/C16H22N2O4S/c1-11-17-12(10-23-11)5-6-14(19)21-13-7-8-18(9-13)15(20)22-16(2,3)4/h5-6,10,13H,7-9H2,1-4H3/b6-5+/t13-/m0/s1. The highest BCUT2D eigenvalue weighted by Gasteiger charge is 2.31.